The van der Waals surface area contributed by atoms with Crippen LogP contribution in [0.15, 0.2) is 18.2 Å². The zero-order valence-corrected chi connectivity index (χ0v) is 13.4. The Hall–Kier alpha value is -2.37. The van der Waals surface area contributed by atoms with Crippen LogP contribution in [0.3, 0.4) is 0 Å². The molecule has 1 aromatic carbocycles. The second-order valence-electron chi connectivity index (χ2n) is 5.43. The van der Waals surface area contributed by atoms with Gasteiger partial charge < -0.3 is 10.1 Å². The largest absolute Gasteiger partial charge is 0.455 e. The molecule has 0 radical (unpaired) electrons. The van der Waals surface area contributed by atoms with E-state index in [0.717, 1.165) is 16.7 Å². The van der Waals surface area contributed by atoms with Crippen LogP contribution >= 0.6 is 0 Å². The van der Waals surface area contributed by atoms with Gasteiger partial charge in [0.25, 0.3) is 5.91 Å². The molecule has 0 saturated carbocycles. The van der Waals surface area contributed by atoms with Gasteiger partial charge in [0.1, 0.15) is 0 Å². The number of rotatable bonds is 5. The summed E-state index contributed by atoms with van der Waals surface area (Å²) >= 11 is 0. The van der Waals surface area contributed by atoms with E-state index in [-0.39, 0.29) is 12.5 Å². The zero-order chi connectivity index (χ0) is 16.7. The van der Waals surface area contributed by atoms with Gasteiger partial charge in [0, 0.05) is 6.04 Å². The molecule has 0 aliphatic rings. The van der Waals surface area contributed by atoms with Gasteiger partial charge in [-0.2, -0.15) is 0 Å². The Morgan fingerprint density at radius 2 is 1.82 bits per heavy atom. The van der Waals surface area contributed by atoms with Gasteiger partial charge in [-0.3, -0.25) is 14.9 Å². The molecule has 1 aromatic rings. The predicted molar refractivity (Wildman–Crippen MR) is 82.4 cm³/mol. The van der Waals surface area contributed by atoms with Crippen molar-refractivity contribution in [2.24, 2.45) is 0 Å². The number of hydrogen-bond donors (Lipinski definition) is 2. The number of urea groups is 1. The highest BCUT2D eigenvalue weighted by atomic mass is 16.5. The van der Waals surface area contributed by atoms with Gasteiger partial charge in [0.2, 0.25) is 0 Å². The van der Waals surface area contributed by atoms with E-state index in [1.54, 1.807) is 13.8 Å². The van der Waals surface area contributed by atoms with Crippen LogP contribution in [0.1, 0.15) is 30.5 Å². The maximum Gasteiger partial charge on any atom is 0.321 e. The van der Waals surface area contributed by atoms with Crippen molar-refractivity contribution >= 4 is 17.9 Å². The van der Waals surface area contributed by atoms with Crippen LogP contribution in [-0.4, -0.2) is 30.6 Å². The summed E-state index contributed by atoms with van der Waals surface area (Å²) in [6.07, 6.45) is 0.0899. The van der Waals surface area contributed by atoms with Crippen LogP contribution in [-0.2, 0) is 20.7 Å². The summed E-state index contributed by atoms with van der Waals surface area (Å²) in [5.41, 5.74) is 3.06. The van der Waals surface area contributed by atoms with Crippen molar-refractivity contribution in [1.29, 1.82) is 0 Å². The maximum absolute atomic E-state index is 11.7. The lowest BCUT2D eigenvalue weighted by Crippen LogP contribution is -2.44. The van der Waals surface area contributed by atoms with Gasteiger partial charge in [-0.15, -0.1) is 0 Å². The quantitative estimate of drug-likeness (QED) is 0.810. The molecule has 0 unspecified atom stereocenters. The van der Waals surface area contributed by atoms with Crippen molar-refractivity contribution < 1.29 is 19.1 Å². The molecular weight excluding hydrogens is 284 g/mol. The summed E-state index contributed by atoms with van der Waals surface area (Å²) in [7, 11) is 0. The molecule has 6 nitrogen and oxygen atoms in total. The van der Waals surface area contributed by atoms with Gasteiger partial charge in [0.15, 0.2) is 6.61 Å². The Balaban J connectivity index is 2.37. The minimum absolute atomic E-state index is 0.0832. The van der Waals surface area contributed by atoms with E-state index >= 15 is 0 Å². The Kier molecular flexibility index (Phi) is 6.56. The minimum Gasteiger partial charge on any atom is -0.455 e. The fraction of sp³-hybridized carbons (Fsp3) is 0.438. The first-order valence-corrected chi connectivity index (χ1v) is 7.10. The van der Waals surface area contributed by atoms with Gasteiger partial charge >= 0.3 is 12.0 Å². The van der Waals surface area contributed by atoms with Gasteiger partial charge in [-0.1, -0.05) is 18.2 Å². The first-order valence-electron chi connectivity index (χ1n) is 7.10. The van der Waals surface area contributed by atoms with Crippen molar-refractivity contribution in [3.63, 3.8) is 0 Å². The highest BCUT2D eigenvalue weighted by Crippen LogP contribution is 2.10. The zero-order valence-electron chi connectivity index (χ0n) is 13.4. The Morgan fingerprint density at radius 3 is 2.41 bits per heavy atom. The van der Waals surface area contributed by atoms with Crippen molar-refractivity contribution in [2.75, 3.05) is 6.61 Å². The molecular formula is C16H22N2O4. The molecule has 1 rings (SSSR count). The number of benzene rings is 1. The molecule has 22 heavy (non-hydrogen) atoms. The van der Waals surface area contributed by atoms with Crippen LogP contribution in [0, 0.1) is 13.8 Å². The summed E-state index contributed by atoms with van der Waals surface area (Å²) in [5, 5.41) is 4.58. The van der Waals surface area contributed by atoms with Gasteiger partial charge in [0.05, 0.1) is 6.42 Å². The van der Waals surface area contributed by atoms with E-state index in [0.29, 0.717) is 0 Å². The van der Waals surface area contributed by atoms with Crippen molar-refractivity contribution in [3.05, 3.63) is 34.9 Å². The first-order chi connectivity index (χ1) is 10.3. The fourth-order valence-corrected chi connectivity index (χ4v) is 1.74. The predicted octanol–water partition coefficient (Wildman–Crippen LogP) is 1.62. The van der Waals surface area contributed by atoms with Crippen LogP contribution in [0.5, 0.6) is 0 Å². The van der Waals surface area contributed by atoms with Crippen molar-refractivity contribution in [3.8, 4) is 0 Å². The number of ether oxygens (including phenoxy) is 1. The molecule has 0 aliphatic heterocycles. The van der Waals surface area contributed by atoms with Gasteiger partial charge in [-0.05, 0) is 44.4 Å². The lowest BCUT2D eigenvalue weighted by molar-refractivity contribution is -0.147. The molecule has 3 amide bonds. The molecule has 0 bridgehead atoms. The molecule has 0 atom stereocenters. The number of nitrogens with one attached hydrogen (secondary N) is 2. The van der Waals surface area contributed by atoms with Crippen LogP contribution < -0.4 is 10.6 Å². The smallest absolute Gasteiger partial charge is 0.321 e. The third kappa shape index (κ3) is 6.39. The number of carbonyl (C=O) groups excluding carboxylic acids is 3. The van der Waals surface area contributed by atoms with Crippen molar-refractivity contribution in [2.45, 2.75) is 40.2 Å². The summed E-state index contributed by atoms with van der Waals surface area (Å²) in [6.45, 7) is 7.02. The molecule has 0 aliphatic carbocycles. The molecule has 0 spiro atoms. The Labute approximate surface area is 130 Å². The molecule has 120 valence electrons. The summed E-state index contributed by atoms with van der Waals surface area (Å²) < 4.78 is 4.85. The number of hydrogen-bond acceptors (Lipinski definition) is 4. The van der Waals surface area contributed by atoms with E-state index in [9.17, 15) is 14.4 Å². The topological polar surface area (TPSA) is 84.5 Å². The molecule has 0 saturated heterocycles. The number of esters is 1. The number of carbonyl (C=O) groups is 3. The molecule has 0 heterocycles. The molecule has 6 heteroatoms. The summed E-state index contributed by atoms with van der Waals surface area (Å²) in [6, 6.07) is 5.00. The summed E-state index contributed by atoms with van der Waals surface area (Å²) in [5.74, 6) is -1.17. The van der Waals surface area contributed by atoms with E-state index in [1.807, 2.05) is 32.0 Å². The summed E-state index contributed by atoms with van der Waals surface area (Å²) in [4.78, 5) is 34.4. The second-order valence-corrected chi connectivity index (χ2v) is 5.43. The van der Waals surface area contributed by atoms with Crippen LogP contribution in [0.2, 0.25) is 0 Å². The fourth-order valence-electron chi connectivity index (χ4n) is 1.74. The number of imide groups is 1. The SMILES string of the molecule is Cc1ccc(CC(=O)OCC(=O)NC(=O)NC(C)C)cc1C. The van der Waals surface area contributed by atoms with Crippen LogP contribution in [0.4, 0.5) is 4.79 Å². The monoisotopic (exact) mass is 306 g/mol. The molecule has 0 aromatic heterocycles. The van der Waals surface area contributed by atoms with Crippen molar-refractivity contribution in [1.82, 2.24) is 10.6 Å². The first kappa shape index (κ1) is 17.7. The van der Waals surface area contributed by atoms with Crippen LogP contribution in [0.25, 0.3) is 0 Å². The molecule has 2 N–H and O–H groups in total. The lowest BCUT2D eigenvalue weighted by atomic mass is 10.0. The average molecular weight is 306 g/mol. The Morgan fingerprint density at radius 1 is 1.14 bits per heavy atom. The average Bonchev–Trinajstić information content (AvgIpc) is 2.39. The standard InChI is InChI=1S/C16H22N2O4/c1-10(2)17-16(21)18-14(19)9-22-15(20)8-13-6-5-11(3)12(4)7-13/h5-7,10H,8-9H2,1-4H3,(H2,17,18,19,21). The highest BCUT2D eigenvalue weighted by Gasteiger charge is 2.12. The van der Waals surface area contributed by atoms with Gasteiger partial charge in [-0.25, -0.2) is 4.79 Å². The maximum atomic E-state index is 11.7. The lowest BCUT2D eigenvalue weighted by Gasteiger charge is -2.09. The van der Waals surface area contributed by atoms with E-state index in [2.05, 4.69) is 10.6 Å². The third-order valence-corrected chi connectivity index (χ3v) is 2.96. The van der Waals surface area contributed by atoms with E-state index in [1.165, 1.54) is 0 Å². The Bertz CT molecular complexity index is 567. The normalized spacial score (nSPS) is 10.2. The molecule has 0 fully saturated rings. The third-order valence-electron chi connectivity index (χ3n) is 2.96. The second kappa shape index (κ2) is 8.17. The number of aryl methyl sites for hydroxylation is 2. The minimum atomic E-state index is -0.661. The number of amides is 3. The van der Waals surface area contributed by atoms with E-state index in [4.69, 9.17) is 4.74 Å². The van der Waals surface area contributed by atoms with E-state index < -0.39 is 24.5 Å². The highest BCUT2D eigenvalue weighted by molar-refractivity contribution is 5.95.